The largest absolute Gasteiger partial charge is 0.350 e. The number of hydrogen-bond acceptors (Lipinski definition) is 3. The molecule has 0 radical (unpaired) electrons. The minimum Gasteiger partial charge on any atom is -0.350 e. The van der Waals surface area contributed by atoms with Gasteiger partial charge in [0, 0.05) is 19.3 Å². The van der Waals surface area contributed by atoms with Gasteiger partial charge in [0.25, 0.3) is 5.91 Å². The Hall–Kier alpha value is -1.62. The van der Waals surface area contributed by atoms with Gasteiger partial charge in [-0.1, -0.05) is 11.6 Å². The van der Waals surface area contributed by atoms with Crippen molar-refractivity contribution in [3.05, 3.63) is 22.5 Å². The molecule has 2 aromatic heterocycles. The van der Waals surface area contributed by atoms with Gasteiger partial charge in [0.2, 0.25) is 0 Å². The normalized spacial score (nSPS) is 11.2. The van der Waals surface area contributed by atoms with Gasteiger partial charge >= 0.3 is 0 Å². The molecular weight excluding hydrogens is 252 g/mol. The van der Waals surface area contributed by atoms with Crippen molar-refractivity contribution in [2.24, 2.45) is 7.05 Å². The summed E-state index contributed by atoms with van der Waals surface area (Å²) in [5.74, 6) is -0.215. The van der Waals surface area contributed by atoms with Gasteiger partial charge in [-0.3, -0.25) is 9.48 Å². The summed E-state index contributed by atoms with van der Waals surface area (Å²) >= 11 is 6.28. The van der Waals surface area contributed by atoms with Crippen LogP contribution in [0.4, 0.5) is 0 Å². The zero-order valence-corrected chi connectivity index (χ0v) is 11.5. The van der Waals surface area contributed by atoms with Crippen molar-refractivity contribution in [2.75, 3.05) is 0 Å². The number of pyridine rings is 1. The van der Waals surface area contributed by atoms with Crippen LogP contribution >= 0.6 is 11.6 Å². The monoisotopic (exact) mass is 266 g/mol. The van der Waals surface area contributed by atoms with Gasteiger partial charge in [-0.2, -0.15) is 5.10 Å². The number of nitrogens with one attached hydrogen (secondary N) is 1. The number of carbonyl (C=O) groups excluding carboxylic acids is 1. The first-order valence-corrected chi connectivity index (χ1v) is 6.08. The Morgan fingerprint density at radius 2 is 2.17 bits per heavy atom. The quantitative estimate of drug-likeness (QED) is 0.905. The zero-order valence-electron chi connectivity index (χ0n) is 10.8. The molecule has 0 saturated heterocycles. The van der Waals surface area contributed by atoms with Crippen LogP contribution in [0, 0.1) is 6.92 Å². The number of carbonyl (C=O) groups is 1. The van der Waals surface area contributed by atoms with E-state index in [4.69, 9.17) is 11.6 Å². The Labute approximate surface area is 110 Å². The first-order valence-electron chi connectivity index (χ1n) is 5.70. The molecule has 2 heterocycles. The van der Waals surface area contributed by atoms with Crippen LogP contribution in [0.25, 0.3) is 11.0 Å². The molecule has 0 aromatic carbocycles. The fourth-order valence-corrected chi connectivity index (χ4v) is 2.22. The number of fused-ring (bicyclic) bond motifs is 1. The van der Waals surface area contributed by atoms with Crippen LogP contribution in [-0.2, 0) is 7.05 Å². The lowest BCUT2D eigenvalue weighted by Crippen LogP contribution is -2.30. The van der Waals surface area contributed by atoms with Crippen LogP contribution in [0.3, 0.4) is 0 Å². The molecule has 18 heavy (non-hydrogen) atoms. The van der Waals surface area contributed by atoms with Gasteiger partial charge in [-0.05, 0) is 20.8 Å². The van der Waals surface area contributed by atoms with E-state index >= 15 is 0 Å². The smallest absolute Gasteiger partial charge is 0.254 e. The van der Waals surface area contributed by atoms with Crippen LogP contribution in [0.15, 0.2) is 6.20 Å². The van der Waals surface area contributed by atoms with Crippen molar-refractivity contribution in [1.29, 1.82) is 0 Å². The third-order valence-electron chi connectivity index (χ3n) is 2.63. The molecule has 0 aliphatic heterocycles. The average molecular weight is 267 g/mol. The van der Waals surface area contributed by atoms with Crippen LogP contribution in [0.2, 0.25) is 5.02 Å². The predicted molar refractivity (Wildman–Crippen MR) is 70.9 cm³/mol. The average Bonchev–Trinajstić information content (AvgIpc) is 2.54. The summed E-state index contributed by atoms with van der Waals surface area (Å²) in [7, 11) is 1.80. The highest BCUT2D eigenvalue weighted by Crippen LogP contribution is 2.27. The van der Waals surface area contributed by atoms with E-state index < -0.39 is 0 Å². The Morgan fingerprint density at radius 3 is 2.78 bits per heavy atom. The molecular formula is C12H15ClN4O. The zero-order chi connectivity index (χ0) is 13.4. The van der Waals surface area contributed by atoms with Crippen molar-refractivity contribution in [3.63, 3.8) is 0 Å². The summed E-state index contributed by atoms with van der Waals surface area (Å²) in [5.41, 5.74) is 1.83. The first-order chi connectivity index (χ1) is 8.41. The highest BCUT2D eigenvalue weighted by molar-refractivity contribution is 6.38. The van der Waals surface area contributed by atoms with E-state index in [0.29, 0.717) is 16.2 Å². The Bertz CT molecular complexity index is 618. The third kappa shape index (κ3) is 2.06. The van der Waals surface area contributed by atoms with Gasteiger partial charge < -0.3 is 5.32 Å². The molecule has 2 aromatic rings. The minimum atomic E-state index is -0.215. The van der Waals surface area contributed by atoms with E-state index in [9.17, 15) is 4.79 Å². The first kappa shape index (κ1) is 12.8. The second-order valence-electron chi connectivity index (χ2n) is 4.52. The van der Waals surface area contributed by atoms with E-state index in [1.807, 2.05) is 20.8 Å². The van der Waals surface area contributed by atoms with Crippen LogP contribution < -0.4 is 5.32 Å². The molecule has 96 valence electrons. The lowest BCUT2D eigenvalue weighted by Gasteiger charge is -2.09. The predicted octanol–water partition coefficient (Wildman–Crippen LogP) is 2.07. The molecule has 6 heteroatoms. The highest BCUT2D eigenvalue weighted by Gasteiger charge is 2.18. The van der Waals surface area contributed by atoms with Gasteiger partial charge in [0.05, 0.1) is 21.7 Å². The summed E-state index contributed by atoms with van der Waals surface area (Å²) in [6.07, 6.45) is 1.49. The van der Waals surface area contributed by atoms with E-state index in [1.165, 1.54) is 6.20 Å². The molecule has 2 rings (SSSR count). The minimum absolute atomic E-state index is 0.0549. The van der Waals surface area contributed by atoms with Crippen molar-refractivity contribution in [2.45, 2.75) is 26.8 Å². The number of aryl methyl sites for hydroxylation is 2. The SMILES string of the molecule is Cc1nn(C)c2ncc(C(=O)NC(C)C)c(Cl)c12. The maximum atomic E-state index is 12.0. The molecule has 0 aliphatic rings. The van der Waals surface area contributed by atoms with E-state index in [0.717, 1.165) is 11.1 Å². The molecule has 0 bridgehead atoms. The van der Waals surface area contributed by atoms with Crippen molar-refractivity contribution < 1.29 is 4.79 Å². The number of nitrogens with zero attached hydrogens (tertiary/aromatic N) is 3. The fraction of sp³-hybridized carbons (Fsp3) is 0.417. The third-order valence-corrected chi connectivity index (χ3v) is 3.02. The number of amides is 1. The second kappa shape index (κ2) is 4.57. The standard InChI is InChI=1S/C12H15ClN4O/c1-6(2)15-12(18)8-5-14-11-9(10(8)13)7(3)16-17(11)4/h5-6H,1-4H3,(H,15,18). The molecule has 0 aliphatic carbocycles. The van der Waals surface area contributed by atoms with Gasteiger partial charge in [0.1, 0.15) is 0 Å². The van der Waals surface area contributed by atoms with Gasteiger partial charge in [-0.25, -0.2) is 4.98 Å². The lowest BCUT2D eigenvalue weighted by molar-refractivity contribution is 0.0943. The molecule has 5 nitrogen and oxygen atoms in total. The Balaban J connectivity index is 2.58. The molecule has 0 saturated carbocycles. The molecule has 0 fully saturated rings. The Morgan fingerprint density at radius 1 is 1.50 bits per heavy atom. The molecule has 0 atom stereocenters. The topological polar surface area (TPSA) is 59.8 Å². The van der Waals surface area contributed by atoms with Gasteiger partial charge in [0.15, 0.2) is 5.65 Å². The van der Waals surface area contributed by atoms with Crippen molar-refractivity contribution in [3.8, 4) is 0 Å². The Kier molecular flexibility index (Phi) is 3.26. The summed E-state index contributed by atoms with van der Waals surface area (Å²) in [6.45, 7) is 5.64. The second-order valence-corrected chi connectivity index (χ2v) is 4.90. The molecule has 1 amide bonds. The fourth-order valence-electron chi connectivity index (χ4n) is 1.87. The van der Waals surface area contributed by atoms with E-state index in [1.54, 1.807) is 11.7 Å². The van der Waals surface area contributed by atoms with E-state index in [2.05, 4.69) is 15.4 Å². The maximum absolute atomic E-state index is 12.0. The maximum Gasteiger partial charge on any atom is 0.254 e. The molecule has 1 N–H and O–H groups in total. The van der Waals surface area contributed by atoms with E-state index in [-0.39, 0.29) is 11.9 Å². The highest BCUT2D eigenvalue weighted by atomic mass is 35.5. The number of halogens is 1. The number of rotatable bonds is 2. The van der Waals surface area contributed by atoms with Gasteiger partial charge in [-0.15, -0.1) is 0 Å². The summed E-state index contributed by atoms with van der Waals surface area (Å²) in [4.78, 5) is 16.2. The number of aromatic nitrogens is 3. The van der Waals surface area contributed by atoms with Crippen LogP contribution in [0.1, 0.15) is 29.9 Å². The van der Waals surface area contributed by atoms with Crippen molar-refractivity contribution in [1.82, 2.24) is 20.1 Å². The molecule has 0 spiro atoms. The number of hydrogen-bond donors (Lipinski definition) is 1. The van der Waals surface area contributed by atoms with Crippen LogP contribution in [0.5, 0.6) is 0 Å². The van der Waals surface area contributed by atoms with Crippen LogP contribution in [-0.4, -0.2) is 26.7 Å². The molecule has 0 unspecified atom stereocenters. The summed E-state index contributed by atoms with van der Waals surface area (Å²) in [6, 6.07) is 0.0549. The van der Waals surface area contributed by atoms with Crippen molar-refractivity contribution >= 4 is 28.5 Å². The summed E-state index contributed by atoms with van der Waals surface area (Å²) < 4.78 is 1.65. The lowest BCUT2D eigenvalue weighted by atomic mass is 10.2. The summed E-state index contributed by atoms with van der Waals surface area (Å²) in [5, 5.41) is 8.19.